The predicted octanol–water partition coefficient (Wildman–Crippen LogP) is 4.91. The second-order valence-electron chi connectivity index (χ2n) is 6.96. The molecule has 2 heterocycles. The quantitative estimate of drug-likeness (QED) is 0.264. The van der Waals surface area contributed by atoms with Crippen molar-refractivity contribution in [2.24, 2.45) is 0 Å². The fourth-order valence-corrected chi connectivity index (χ4v) is 3.37. The monoisotopic (exact) mass is 437 g/mol. The molecule has 2 aromatic carbocycles. The minimum atomic E-state index is -0.524. The molecule has 0 bridgehead atoms. The van der Waals surface area contributed by atoms with Gasteiger partial charge in [-0.05, 0) is 48.4 Å². The lowest BCUT2D eigenvalue weighted by molar-refractivity contribution is -0.384. The van der Waals surface area contributed by atoms with E-state index in [9.17, 15) is 19.7 Å². The molecule has 1 N–H and O–H groups in total. The van der Waals surface area contributed by atoms with Crippen LogP contribution in [0.2, 0.25) is 5.02 Å². The van der Waals surface area contributed by atoms with Crippen LogP contribution in [0.15, 0.2) is 64.7 Å². The van der Waals surface area contributed by atoms with Gasteiger partial charge in [0.2, 0.25) is 0 Å². The molecular formula is C22H16ClN3O5. The number of nitro groups is 1. The van der Waals surface area contributed by atoms with Crippen molar-refractivity contribution in [1.82, 2.24) is 10.2 Å². The number of imide groups is 1. The van der Waals surface area contributed by atoms with Crippen molar-refractivity contribution in [1.29, 1.82) is 0 Å². The minimum Gasteiger partial charge on any atom is -0.457 e. The van der Waals surface area contributed by atoms with Gasteiger partial charge in [0, 0.05) is 28.8 Å². The Morgan fingerprint density at radius 3 is 2.55 bits per heavy atom. The van der Waals surface area contributed by atoms with Gasteiger partial charge in [-0.25, -0.2) is 4.79 Å². The molecule has 156 valence electrons. The molecular weight excluding hydrogens is 422 g/mol. The van der Waals surface area contributed by atoms with Gasteiger partial charge in [0.05, 0.1) is 11.5 Å². The number of nitrogens with one attached hydrogen (secondary N) is 1. The van der Waals surface area contributed by atoms with Gasteiger partial charge in [0.1, 0.15) is 17.2 Å². The van der Waals surface area contributed by atoms with Gasteiger partial charge >= 0.3 is 6.03 Å². The van der Waals surface area contributed by atoms with E-state index in [0.29, 0.717) is 27.7 Å². The van der Waals surface area contributed by atoms with Crippen LogP contribution in [0.4, 0.5) is 10.5 Å². The standard InChI is InChI=1S/C22H16ClN3O5/c1-13-10-16(26(29)30)6-8-18(13)20-9-7-17(31-20)11-19-21(27)25(22(28)24-19)12-14-2-4-15(23)5-3-14/h2-11H,12H2,1H3,(H,24,28). The second kappa shape index (κ2) is 8.08. The van der Waals surface area contributed by atoms with Gasteiger partial charge in [-0.15, -0.1) is 0 Å². The van der Waals surface area contributed by atoms with Gasteiger partial charge < -0.3 is 9.73 Å². The molecule has 1 aliphatic heterocycles. The van der Waals surface area contributed by atoms with Crippen molar-refractivity contribution in [2.75, 3.05) is 0 Å². The SMILES string of the molecule is Cc1cc([N+](=O)[O-])ccc1-c1ccc(C=C2NC(=O)N(Cc3ccc(Cl)cc3)C2=O)o1. The number of nitrogens with zero attached hydrogens (tertiary/aromatic N) is 2. The lowest BCUT2D eigenvalue weighted by Gasteiger charge is -2.11. The maximum atomic E-state index is 12.7. The molecule has 4 rings (SSSR count). The highest BCUT2D eigenvalue weighted by Crippen LogP contribution is 2.29. The van der Waals surface area contributed by atoms with Crippen molar-refractivity contribution in [3.63, 3.8) is 0 Å². The summed E-state index contributed by atoms with van der Waals surface area (Å²) in [7, 11) is 0. The van der Waals surface area contributed by atoms with Crippen LogP contribution in [0.3, 0.4) is 0 Å². The maximum absolute atomic E-state index is 12.7. The number of hydrogen-bond donors (Lipinski definition) is 1. The highest BCUT2D eigenvalue weighted by atomic mass is 35.5. The molecule has 1 aliphatic rings. The van der Waals surface area contributed by atoms with Crippen LogP contribution in [-0.4, -0.2) is 21.8 Å². The third-order valence-electron chi connectivity index (χ3n) is 4.82. The summed E-state index contributed by atoms with van der Waals surface area (Å²) < 4.78 is 5.78. The van der Waals surface area contributed by atoms with Crippen LogP contribution in [-0.2, 0) is 11.3 Å². The highest BCUT2D eigenvalue weighted by Gasteiger charge is 2.33. The summed E-state index contributed by atoms with van der Waals surface area (Å²) in [5.74, 6) is 0.392. The van der Waals surface area contributed by atoms with Crippen molar-refractivity contribution in [3.05, 3.63) is 92.3 Å². The van der Waals surface area contributed by atoms with Gasteiger partial charge in [-0.2, -0.15) is 0 Å². The Labute approximate surface area is 181 Å². The largest absolute Gasteiger partial charge is 0.457 e. The number of hydrogen-bond acceptors (Lipinski definition) is 5. The van der Waals surface area contributed by atoms with Gasteiger partial charge in [0.25, 0.3) is 11.6 Å². The Morgan fingerprint density at radius 2 is 1.87 bits per heavy atom. The number of halogens is 1. The number of benzene rings is 2. The first kappa shape index (κ1) is 20.4. The molecule has 0 aliphatic carbocycles. The summed E-state index contributed by atoms with van der Waals surface area (Å²) >= 11 is 5.87. The number of rotatable bonds is 5. The number of nitro benzene ring substituents is 1. The van der Waals surface area contributed by atoms with Crippen LogP contribution < -0.4 is 5.32 Å². The number of aryl methyl sites for hydroxylation is 1. The molecule has 0 saturated carbocycles. The topological polar surface area (TPSA) is 106 Å². The van der Waals surface area contributed by atoms with E-state index < -0.39 is 16.9 Å². The zero-order valence-corrected chi connectivity index (χ0v) is 17.1. The summed E-state index contributed by atoms with van der Waals surface area (Å²) in [5.41, 5.74) is 2.24. The van der Waals surface area contributed by atoms with E-state index in [2.05, 4.69) is 5.32 Å². The van der Waals surface area contributed by atoms with E-state index in [1.165, 1.54) is 18.2 Å². The molecule has 0 unspecified atom stereocenters. The summed E-state index contributed by atoms with van der Waals surface area (Å²) in [6.45, 7) is 1.86. The van der Waals surface area contributed by atoms with Crippen LogP contribution in [0.1, 0.15) is 16.9 Å². The van der Waals surface area contributed by atoms with Crippen molar-refractivity contribution < 1.29 is 18.9 Å². The minimum absolute atomic E-state index is 0.00445. The van der Waals surface area contributed by atoms with E-state index in [-0.39, 0.29) is 17.9 Å². The average molecular weight is 438 g/mol. The van der Waals surface area contributed by atoms with E-state index >= 15 is 0 Å². The van der Waals surface area contributed by atoms with E-state index in [1.807, 2.05) is 0 Å². The van der Waals surface area contributed by atoms with Crippen LogP contribution in [0.25, 0.3) is 17.4 Å². The van der Waals surface area contributed by atoms with Crippen LogP contribution in [0, 0.1) is 17.0 Å². The number of amides is 3. The van der Waals surface area contributed by atoms with Gasteiger partial charge in [-0.1, -0.05) is 23.7 Å². The Bertz CT molecular complexity index is 1230. The molecule has 0 radical (unpaired) electrons. The lowest BCUT2D eigenvalue weighted by atomic mass is 10.1. The number of furan rings is 1. The number of carbonyl (C=O) groups excluding carboxylic acids is 2. The third-order valence-corrected chi connectivity index (χ3v) is 5.07. The molecule has 9 heteroatoms. The summed E-state index contributed by atoms with van der Waals surface area (Å²) in [6, 6.07) is 14.2. The normalized spacial score (nSPS) is 14.9. The maximum Gasteiger partial charge on any atom is 0.329 e. The first-order chi connectivity index (χ1) is 14.8. The smallest absolute Gasteiger partial charge is 0.329 e. The second-order valence-corrected chi connectivity index (χ2v) is 7.40. The summed E-state index contributed by atoms with van der Waals surface area (Å²) in [4.78, 5) is 36.5. The molecule has 31 heavy (non-hydrogen) atoms. The van der Waals surface area contributed by atoms with Crippen LogP contribution in [0.5, 0.6) is 0 Å². The highest BCUT2D eigenvalue weighted by molar-refractivity contribution is 6.30. The Balaban J connectivity index is 1.54. The van der Waals surface area contributed by atoms with Gasteiger partial charge in [0.15, 0.2) is 0 Å². The molecule has 1 fully saturated rings. The molecule has 3 aromatic rings. The molecule has 1 aromatic heterocycles. The van der Waals surface area contributed by atoms with Crippen molar-refractivity contribution in [3.8, 4) is 11.3 Å². The number of urea groups is 1. The van der Waals surface area contributed by atoms with E-state index in [1.54, 1.807) is 49.4 Å². The summed E-state index contributed by atoms with van der Waals surface area (Å²) in [6.07, 6.45) is 1.45. The Kier molecular flexibility index (Phi) is 5.31. The number of non-ortho nitro benzene ring substituents is 1. The fourth-order valence-electron chi connectivity index (χ4n) is 3.24. The lowest BCUT2D eigenvalue weighted by Crippen LogP contribution is -2.30. The summed E-state index contributed by atoms with van der Waals surface area (Å²) in [5, 5.41) is 14.0. The predicted molar refractivity (Wildman–Crippen MR) is 114 cm³/mol. The molecule has 3 amide bonds. The molecule has 8 nitrogen and oxygen atoms in total. The Morgan fingerprint density at radius 1 is 1.13 bits per heavy atom. The number of carbonyl (C=O) groups is 2. The van der Waals surface area contributed by atoms with E-state index in [0.717, 1.165) is 10.5 Å². The van der Waals surface area contributed by atoms with Crippen molar-refractivity contribution >= 4 is 35.3 Å². The fraction of sp³-hybridized carbons (Fsp3) is 0.0909. The van der Waals surface area contributed by atoms with Crippen molar-refractivity contribution in [2.45, 2.75) is 13.5 Å². The average Bonchev–Trinajstić information content (AvgIpc) is 3.29. The zero-order chi connectivity index (χ0) is 22.1. The molecule has 1 saturated heterocycles. The zero-order valence-electron chi connectivity index (χ0n) is 16.3. The molecule has 0 atom stereocenters. The Hall–Kier alpha value is -3.91. The first-order valence-corrected chi connectivity index (χ1v) is 9.64. The first-order valence-electron chi connectivity index (χ1n) is 9.26. The third kappa shape index (κ3) is 4.19. The van der Waals surface area contributed by atoms with E-state index in [4.69, 9.17) is 16.0 Å². The molecule has 0 spiro atoms. The van der Waals surface area contributed by atoms with Gasteiger partial charge in [-0.3, -0.25) is 19.8 Å². The van der Waals surface area contributed by atoms with Crippen LogP contribution >= 0.6 is 11.6 Å².